The molecule has 2 heterocycles. The van der Waals surface area contributed by atoms with Crippen molar-refractivity contribution >= 4 is 21.9 Å². The van der Waals surface area contributed by atoms with Gasteiger partial charge in [-0.2, -0.15) is 0 Å². The number of primary sulfonamides is 1. The first-order valence-electron chi connectivity index (χ1n) is 7.71. The van der Waals surface area contributed by atoms with Crippen molar-refractivity contribution in [3.8, 4) is 0 Å². The Bertz CT molecular complexity index is 714. The van der Waals surface area contributed by atoms with E-state index in [9.17, 15) is 13.2 Å². The van der Waals surface area contributed by atoms with Gasteiger partial charge in [-0.3, -0.25) is 0 Å². The molecule has 0 bridgehead atoms. The Labute approximate surface area is 142 Å². The maximum Gasteiger partial charge on any atom is 0.410 e. The van der Waals surface area contributed by atoms with E-state index in [-0.39, 0.29) is 17.0 Å². The predicted octanol–water partition coefficient (Wildman–Crippen LogP) is 1.17. The van der Waals surface area contributed by atoms with E-state index in [1.165, 1.54) is 18.3 Å². The SMILES string of the molecule is C[C@H]1CN(c2ncccc2S(N)(=O)=O)CCN1C(=O)OC(C)(C)C. The lowest BCUT2D eigenvalue weighted by Crippen LogP contribution is -2.55. The molecule has 0 unspecified atom stereocenters. The number of piperazine rings is 1. The molecule has 0 aromatic carbocycles. The van der Waals surface area contributed by atoms with Crippen molar-refractivity contribution in [2.24, 2.45) is 5.14 Å². The smallest absolute Gasteiger partial charge is 0.410 e. The molecule has 1 aromatic rings. The number of rotatable bonds is 2. The van der Waals surface area contributed by atoms with E-state index in [4.69, 9.17) is 9.88 Å². The molecular formula is C15H24N4O4S. The Morgan fingerprint density at radius 3 is 2.58 bits per heavy atom. The van der Waals surface area contributed by atoms with Crippen LogP contribution in [0.3, 0.4) is 0 Å². The van der Waals surface area contributed by atoms with Crippen LogP contribution >= 0.6 is 0 Å². The fraction of sp³-hybridized carbons (Fsp3) is 0.600. The van der Waals surface area contributed by atoms with Crippen LogP contribution in [0.25, 0.3) is 0 Å². The van der Waals surface area contributed by atoms with Crippen molar-refractivity contribution in [1.82, 2.24) is 9.88 Å². The van der Waals surface area contributed by atoms with Gasteiger partial charge in [-0.1, -0.05) is 0 Å². The third-order valence-corrected chi connectivity index (χ3v) is 4.54. The third kappa shape index (κ3) is 4.35. The van der Waals surface area contributed by atoms with Crippen LogP contribution in [-0.2, 0) is 14.8 Å². The molecule has 1 amide bonds. The minimum atomic E-state index is -3.86. The fourth-order valence-electron chi connectivity index (χ4n) is 2.58. The van der Waals surface area contributed by atoms with Crippen LogP contribution in [0.2, 0.25) is 0 Å². The van der Waals surface area contributed by atoms with Crippen molar-refractivity contribution < 1.29 is 17.9 Å². The summed E-state index contributed by atoms with van der Waals surface area (Å²) < 4.78 is 28.9. The minimum Gasteiger partial charge on any atom is -0.444 e. The molecule has 0 aliphatic carbocycles. The number of anilines is 1. The van der Waals surface area contributed by atoms with Crippen LogP contribution in [0.5, 0.6) is 0 Å². The number of nitrogens with two attached hydrogens (primary N) is 1. The van der Waals surface area contributed by atoms with Crippen LogP contribution in [0.15, 0.2) is 23.2 Å². The molecular weight excluding hydrogens is 332 g/mol. The number of pyridine rings is 1. The van der Waals surface area contributed by atoms with Crippen LogP contribution in [-0.4, -0.2) is 55.7 Å². The molecule has 2 rings (SSSR count). The van der Waals surface area contributed by atoms with Gasteiger partial charge in [-0.25, -0.2) is 23.3 Å². The van der Waals surface area contributed by atoms with E-state index in [1.54, 1.807) is 4.90 Å². The molecule has 9 heteroatoms. The van der Waals surface area contributed by atoms with Crippen molar-refractivity contribution in [3.63, 3.8) is 0 Å². The molecule has 1 aliphatic heterocycles. The van der Waals surface area contributed by atoms with E-state index in [0.29, 0.717) is 25.5 Å². The highest BCUT2D eigenvalue weighted by molar-refractivity contribution is 7.89. The first-order valence-corrected chi connectivity index (χ1v) is 9.26. The van der Waals surface area contributed by atoms with E-state index in [1.807, 2.05) is 32.6 Å². The second-order valence-electron chi connectivity index (χ2n) is 6.84. The second-order valence-corrected chi connectivity index (χ2v) is 8.37. The predicted molar refractivity (Wildman–Crippen MR) is 90.2 cm³/mol. The summed E-state index contributed by atoms with van der Waals surface area (Å²) in [7, 11) is -3.86. The van der Waals surface area contributed by atoms with Gasteiger partial charge in [-0.15, -0.1) is 0 Å². The van der Waals surface area contributed by atoms with Gasteiger partial charge in [-0.05, 0) is 39.8 Å². The standard InChI is InChI=1S/C15H24N4O4S/c1-11-10-18(8-9-19(11)14(20)23-15(2,3)4)13-12(24(16,21)22)6-5-7-17-13/h5-7,11H,8-10H2,1-4H3,(H2,16,21,22)/t11-/m0/s1. The molecule has 1 aliphatic rings. The highest BCUT2D eigenvalue weighted by Crippen LogP contribution is 2.24. The van der Waals surface area contributed by atoms with Crippen LogP contribution in [0, 0.1) is 0 Å². The molecule has 24 heavy (non-hydrogen) atoms. The molecule has 0 saturated carbocycles. The third-order valence-electron chi connectivity index (χ3n) is 3.61. The van der Waals surface area contributed by atoms with Crippen molar-refractivity contribution in [1.29, 1.82) is 0 Å². The summed E-state index contributed by atoms with van der Waals surface area (Å²) in [6.07, 6.45) is 1.15. The molecule has 0 spiro atoms. The Balaban J connectivity index is 2.16. The van der Waals surface area contributed by atoms with Crippen LogP contribution in [0.1, 0.15) is 27.7 Å². The van der Waals surface area contributed by atoms with Gasteiger partial charge in [0.05, 0.1) is 0 Å². The van der Waals surface area contributed by atoms with Gasteiger partial charge in [0.1, 0.15) is 16.3 Å². The number of aromatic nitrogens is 1. The van der Waals surface area contributed by atoms with Gasteiger partial charge in [0.15, 0.2) is 0 Å². The number of sulfonamides is 1. The van der Waals surface area contributed by atoms with Gasteiger partial charge in [0.25, 0.3) is 0 Å². The number of carbonyl (C=O) groups is 1. The van der Waals surface area contributed by atoms with Crippen LogP contribution < -0.4 is 10.0 Å². The highest BCUT2D eigenvalue weighted by Gasteiger charge is 2.32. The molecule has 1 fully saturated rings. The number of hydrogen-bond acceptors (Lipinski definition) is 6. The Hall–Kier alpha value is -1.87. The Morgan fingerprint density at radius 2 is 2.04 bits per heavy atom. The van der Waals surface area contributed by atoms with E-state index < -0.39 is 15.6 Å². The van der Waals surface area contributed by atoms with Gasteiger partial charge < -0.3 is 14.5 Å². The minimum absolute atomic E-state index is 0.0112. The van der Waals surface area contributed by atoms with Gasteiger partial charge in [0.2, 0.25) is 10.0 Å². The van der Waals surface area contributed by atoms with E-state index in [2.05, 4.69) is 4.98 Å². The maximum atomic E-state index is 12.2. The molecule has 1 atom stereocenters. The molecule has 0 radical (unpaired) electrons. The zero-order valence-electron chi connectivity index (χ0n) is 14.4. The molecule has 2 N–H and O–H groups in total. The van der Waals surface area contributed by atoms with Crippen molar-refractivity contribution in [2.75, 3.05) is 24.5 Å². The normalized spacial score (nSPS) is 19.3. The average Bonchev–Trinajstić information content (AvgIpc) is 2.44. The topological polar surface area (TPSA) is 106 Å². The number of amides is 1. The number of ether oxygens (including phenoxy) is 1. The molecule has 1 aromatic heterocycles. The number of nitrogens with zero attached hydrogens (tertiary/aromatic N) is 3. The monoisotopic (exact) mass is 356 g/mol. The van der Waals surface area contributed by atoms with Crippen molar-refractivity contribution in [2.45, 2.75) is 44.2 Å². The summed E-state index contributed by atoms with van der Waals surface area (Å²) in [5.74, 6) is 0.315. The Kier molecular flexibility index (Phi) is 5.05. The molecule has 134 valence electrons. The zero-order chi connectivity index (χ0) is 18.1. The lowest BCUT2D eigenvalue weighted by atomic mass is 10.2. The van der Waals surface area contributed by atoms with Gasteiger partial charge >= 0.3 is 6.09 Å². The first kappa shape index (κ1) is 18.5. The molecule has 8 nitrogen and oxygen atoms in total. The first-order chi connectivity index (χ1) is 11.0. The zero-order valence-corrected chi connectivity index (χ0v) is 15.2. The Morgan fingerprint density at radius 1 is 1.38 bits per heavy atom. The highest BCUT2D eigenvalue weighted by atomic mass is 32.2. The fourth-order valence-corrected chi connectivity index (χ4v) is 3.29. The average molecular weight is 356 g/mol. The summed E-state index contributed by atoms with van der Waals surface area (Å²) in [5, 5.41) is 5.26. The van der Waals surface area contributed by atoms with E-state index >= 15 is 0 Å². The van der Waals surface area contributed by atoms with Crippen molar-refractivity contribution in [3.05, 3.63) is 18.3 Å². The summed E-state index contributed by atoms with van der Waals surface area (Å²) in [6, 6.07) is 2.82. The summed E-state index contributed by atoms with van der Waals surface area (Å²) in [6.45, 7) is 8.64. The summed E-state index contributed by atoms with van der Waals surface area (Å²) in [5.41, 5.74) is -0.560. The second kappa shape index (κ2) is 6.56. The lowest BCUT2D eigenvalue weighted by Gasteiger charge is -2.41. The quantitative estimate of drug-likeness (QED) is 0.853. The van der Waals surface area contributed by atoms with Crippen LogP contribution in [0.4, 0.5) is 10.6 Å². The number of carbonyl (C=O) groups excluding carboxylic acids is 1. The lowest BCUT2D eigenvalue weighted by molar-refractivity contribution is 0.0158. The number of hydrogen-bond donors (Lipinski definition) is 1. The molecule has 1 saturated heterocycles. The maximum absolute atomic E-state index is 12.2. The summed E-state index contributed by atoms with van der Waals surface area (Å²) in [4.78, 5) is 19.9. The largest absolute Gasteiger partial charge is 0.444 e. The van der Waals surface area contributed by atoms with E-state index in [0.717, 1.165) is 0 Å². The summed E-state index contributed by atoms with van der Waals surface area (Å²) >= 11 is 0. The van der Waals surface area contributed by atoms with Gasteiger partial charge in [0, 0.05) is 31.9 Å².